The molecular weight excluding hydrogens is 706 g/mol. The predicted molar refractivity (Wildman–Crippen MR) is 202 cm³/mol. The Kier molecular flexibility index (Phi) is 8.85. The average Bonchev–Trinajstić information content (AvgIpc) is 3.93. The van der Waals surface area contributed by atoms with Gasteiger partial charge in [-0.1, -0.05) is 0 Å². The number of carbonyl (C=O) groups is 4. The highest BCUT2D eigenvalue weighted by Crippen LogP contribution is 2.41. The van der Waals surface area contributed by atoms with Gasteiger partial charge in [0, 0.05) is 24.2 Å². The van der Waals surface area contributed by atoms with E-state index in [4.69, 9.17) is 25.2 Å². The number of ketones is 1. The molecular formula is C38H41N11O6. The standard InChI is InChI=1S/C38H41N11O6/c1-6-46-28(11-19(3)44-46)35(52)42-37-40-26-13-22(21(5)50)15-30-32(26)48(37)24(17-54-30)9-8-10-25-18-55-31-16-23(34(39)51)14-27-33(31)49(25)38(41-27)43-36(53)29-12-20(4)45-47(29)7-2/h11-16,24-25H,6-10,17-18H2,1-5H3,(H2,39,51)(H,40,42,52)(H,41,43,53). The van der Waals surface area contributed by atoms with E-state index in [0.717, 1.165) is 11.4 Å². The zero-order valence-electron chi connectivity index (χ0n) is 31.2. The lowest BCUT2D eigenvalue weighted by Gasteiger charge is -2.30. The van der Waals surface area contributed by atoms with Gasteiger partial charge in [0.05, 0.1) is 34.5 Å². The van der Waals surface area contributed by atoms with Gasteiger partial charge >= 0.3 is 0 Å². The van der Waals surface area contributed by atoms with E-state index >= 15 is 0 Å². The number of amides is 3. The maximum absolute atomic E-state index is 13.6. The van der Waals surface area contributed by atoms with Crippen molar-refractivity contribution in [2.75, 3.05) is 23.8 Å². The highest BCUT2D eigenvalue weighted by Gasteiger charge is 2.32. The Bertz CT molecular complexity index is 2380. The molecule has 17 heteroatoms. The minimum absolute atomic E-state index is 0.122. The number of ether oxygens (including phenoxy) is 2. The third-order valence-electron chi connectivity index (χ3n) is 10.2. The summed E-state index contributed by atoms with van der Waals surface area (Å²) in [5.41, 5.74) is 11.0. The van der Waals surface area contributed by atoms with E-state index in [2.05, 4.69) is 20.8 Å². The van der Waals surface area contributed by atoms with Crippen molar-refractivity contribution in [2.24, 2.45) is 5.73 Å². The molecule has 284 valence electrons. The smallest absolute Gasteiger partial charge is 0.276 e. The molecule has 2 aliphatic rings. The number of carbonyl (C=O) groups excluding carboxylic acids is 4. The molecule has 6 aromatic rings. The molecule has 2 aliphatic heterocycles. The Balaban J connectivity index is 1.10. The highest BCUT2D eigenvalue weighted by molar-refractivity contribution is 6.05. The maximum Gasteiger partial charge on any atom is 0.276 e. The number of imidazole rings is 2. The summed E-state index contributed by atoms with van der Waals surface area (Å²) >= 11 is 0. The average molecular weight is 748 g/mol. The lowest BCUT2D eigenvalue weighted by molar-refractivity contribution is 0.0994. The second-order valence-corrected chi connectivity index (χ2v) is 14.0. The molecule has 4 aromatic heterocycles. The Morgan fingerprint density at radius 3 is 1.62 bits per heavy atom. The molecule has 17 nitrogen and oxygen atoms in total. The molecule has 2 aromatic carbocycles. The number of rotatable bonds is 12. The number of aryl methyl sites for hydroxylation is 4. The van der Waals surface area contributed by atoms with Crippen LogP contribution in [0.2, 0.25) is 0 Å². The molecule has 0 fully saturated rings. The number of aromatic nitrogens is 8. The van der Waals surface area contributed by atoms with Gasteiger partial charge in [-0.2, -0.15) is 10.2 Å². The van der Waals surface area contributed by atoms with Gasteiger partial charge in [0.25, 0.3) is 11.8 Å². The van der Waals surface area contributed by atoms with Crippen molar-refractivity contribution in [3.05, 3.63) is 70.3 Å². The van der Waals surface area contributed by atoms with Crippen molar-refractivity contribution in [1.29, 1.82) is 0 Å². The molecule has 8 rings (SSSR count). The quantitative estimate of drug-likeness (QED) is 0.143. The summed E-state index contributed by atoms with van der Waals surface area (Å²) in [4.78, 5) is 61.3. The number of nitrogens with one attached hydrogen (secondary N) is 2. The Morgan fingerprint density at radius 2 is 1.18 bits per heavy atom. The number of nitrogens with zero attached hydrogens (tertiary/aromatic N) is 8. The molecule has 0 saturated carbocycles. The normalized spacial score (nSPS) is 15.9. The van der Waals surface area contributed by atoms with Crippen molar-refractivity contribution in [3.8, 4) is 11.5 Å². The van der Waals surface area contributed by atoms with Crippen LogP contribution >= 0.6 is 0 Å². The van der Waals surface area contributed by atoms with Gasteiger partial charge in [0.1, 0.15) is 47.1 Å². The van der Waals surface area contributed by atoms with Crippen molar-refractivity contribution >= 4 is 57.5 Å². The molecule has 0 saturated heterocycles. The van der Waals surface area contributed by atoms with Crippen LogP contribution in [0.3, 0.4) is 0 Å². The summed E-state index contributed by atoms with van der Waals surface area (Å²) < 4.78 is 19.7. The number of hydrogen-bond donors (Lipinski definition) is 3. The van der Waals surface area contributed by atoms with Crippen LogP contribution in [-0.4, -0.2) is 75.4 Å². The molecule has 2 unspecified atom stereocenters. The largest absolute Gasteiger partial charge is 0.489 e. The number of primary amides is 1. The number of benzene rings is 2. The first-order valence-corrected chi connectivity index (χ1v) is 18.3. The number of nitrogens with two attached hydrogens (primary N) is 1. The van der Waals surface area contributed by atoms with Crippen LogP contribution in [0.1, 0.15) is 105 Å². The molecule has 4 N–H and O–H groups in total. The topological polar surface area (TPSA) is 208 Å². The van der Waals surface area contributed by atoms with Gasteiger partial charge in [0.2, 0.25) is 17.8 Å². The monoisotopic (exact) mass is 747 g/mol. The zero-order chi connectivity index (χ0) is 38.7. The number of anilines is 2. The minimum atomic E-state index is -0.615. The van der Waals surface area contributed by atoms with E-state index in [1.807, 2.05) is 36.8 Å². The Labute approximate surface area is 314 Å². The summed E-state index contributed by atoms with van der Waals surface area (Å²) in [6.45, 7) is 10.6. The first-order valence-electron chi connectivity index (χ1n) is 18.3. The van der Waals surface area contributed by atoms with Gasteiger partial charge in [-0.3, -0.25) is 39.2 Å². The summed E-state index contributed by atoms with van der Waals surface area (Å²) in [7, 11) is 0. The Morgan fingerprint density at radius 1 is 0.727 bits per heavy atom. The molecule has 2 atom stereocenters. The molecule has 6 heterocycles. The van der Waals surface area contributed by atoms with Crippen molar-refractivity contribution in [1.82, 2.24) is 38.7 Å². The van der Waals surface area contributed by atoms with Crippen LogP contribution in [0.4, 0.5) is 11.9 Å². The van der Waals surface area contributed by atoms with Gasteiger partial charge in [-0.15, -0.1) is 0 Å². The van der Waals surface area contributed by atoms with Crippen LogP contribution in [0.25, 0.3) is 22.1 Å². The predicted octanol–water partition coefficient (Wildman–Crippen LogP) is 4.98. The Hall–Kier alpha value is -6.52. The zero-order valence-corrected chi connectivity index (χ0v) is 31.2. The second-order valence-electron chi connectivity index (χ2n) is 14.0. The highest BCUT2D eigenvalue weighted by atomic mass is 16.5. The molecule has 0 aliphatic carbocycles. The van der Waals surface area contributed by atoms with E-state index < -0.39 is 5.91 Å². The van der Waals surface area contributed by atoms with Crippen LogP contribution < -0.4 is 25.8 Å². The third kappa shape index (κ3) is 6.24. The van der Waals surface area contributed by atoms with E-state index in [-0.39, 0.29) is 48.5 Å². The van der Waals surface area contributed by atoms with E-state index in [0.29, 0.717) is 94.8 Å². The summed E-state index contributed by atoms with van der Waals surface area (Å²) in [5.74, 6) is 0.192. The summed E-state index contributed by atoms with van der Waals surface area (Å²) in [6.07, 6.45) is 1.94. The lowest BCUT2D eigenvalue weighted by atomic mass is 10.0. The van der Waals surface area contributed by atoms with Gasteiger partial charge < -0.3 is 24.3 Å². The fourth-order valence-corrected chi connectivity index (χ4v) is 7.65. The SMILES string of the molecule is CCn1nc(C)cc1C(=O)Nc1nc2cc(C(C)=O)cc3c2n1C(CCCC1COc2cc(C(N)=O)cc4nc(NC(=O)c5cc(C)nn5CC)n1c24)CO3. The van der Waals surface area contributed by atoms with E-state index in [1.165, 1.54) is 6.92 Å². The fourth-order valence-electron chi connectivity index (χ4n) is 7.65. The van der Waals surface area contributed by atoms with Crippen LogP contribution in [0.15, 0.2) is 36.4 Å². The third-order valence-corrected chi connectivity index (χ3v) is 10.2. The van der Waals surface area contributed by atoms with Crippen molar-refractivity contribution < 1.29 is 28.7 Å². The molecule has 0 radical (unpaired) electrons. The van der Waals surface area contributed by atoms with Crippen LogP contribution in [0, 0.1) is 13.8 Å². The van der Waals surface area contributed by atoms with Crippen LogP contribution in [0.5, 0.6) is 11.5 Å². The summed E-state index contributed by atoms with van der Waals surface area (Å²) in [5, 5.41) is 14.8. The first kappa shape index (κ1) is 35.5. The molecule has 0 spiro atoms. The van der Waals surface area contributed by atoms with Gasteiger partial charge in [-0.25, -0.2) is 9.97 Å². The number of hydrogen-bond acceptors (Lipinski definition) is 10. The van der Waals surface area contributed by atoms with E-state index in [9.17, 15) is 19.2 Å². The van der Waals surface area contributed by atoms with E-state index in [1.54, 1.807) is 45.8 Å². The van der Waals surface area contributed by atoms with Crippen molar-refractivity contribution in [3.63, 3.8) is 0 Å². The van der Waals surface area contributed by atoms with Gasteiger partial charge in [0.15, 0.2) is 5.78 Å². The maximum atomic E-state index is 13.6. The molecule has 0 bridgehead atoms. The molecule has 55 heavy (non-hydrogen) atoms. The van der Waals surface area contributed by atoms with Gasteiger partial charge in [-0.05, 0) is 90.3 Å². The van der Waals surface area contributed by atoms with Crippen LogP contribution in [-0.2, 0) is 13.1 Å². The second kappa shape index (κ2) is 13.7. The number of Topliss-reactive ketones (excluding diaryl/α,β-unsaturated/α-hetero) is 1. The summed E-state index contributed by atoms with van der Waals surface area (Å²) in [6, 6.07) is 9.64. The minimum Gasteiger partial charge on any atom is -0.489 e. The van der Waals surface area contributed by atoms with Crippen molar-refractivity contribution in [2.45, 2.75) is 79.1 Å². The lowest BCUT2D eigenvalue weighted by Crippen LogP contribution is -2.27. The molecule has 3 amide bonds. The first-order chi connectivity index (χ1) is 26.4. The fraction of sp³-hybridized carbons (Fsp3) is 0.368.